The molecule has 0 aliphatic heterocycles. The van der Waals surface area contributed by atoms with Crippen LogP contribution >= 0.6 is 0 Å². The van der Waals surface area contributed by atoms with Gasteiger partial charge in [-0.15, -0.1) is 6.42 Å². The highest BCUT2D eigenvalue weighted by atomic mass is 14.3. The van der Waals surface area contributed by atoms with Crippen molar-refractivity contribution < 1.29 is 0 Å². The maximum Gasteiger partial charge on any atom is 0 e. The molecule has 0 nitrogen and oxygen atoms in total. The molecule has 0 aromatic heterocycles. The molecule has 0 spiro atoms. The summed E-state index contributed by atoms with van der Waals surface area (Å²) in [6.07, 6.45) is 4.95. The van der Waals surface area contributed by atoms with Gasteiger partial charge in [0.05, 0.1) is 0 Å². The van der Waals surface area contributed by atoms with E-state index in [1.165, 1.54) is 143 Å². The molecule has 610 valence electrons. The molecule has 0 heterocycles. The second kappa shape index (κ2) is 60.6. The lowest BCUT2D eigenvalue weighted by atomic mass is 9.80. The molecule has 0 saturated heterocycles. The summed E-state index contributed by atoms with van der Waals surface area (Å²) in [5, 5.41) is 10.4. The van der Waals surface area contributed by atoms with Gasteiger partial charge >= 0.3 is 0 Å². The Balaban J connectivity index is 0.000000363. The summed E-state index contributed by atoms with van der Waals surface area (Å²) in [5.41, 5.74) is 24.4. The van der Waals surface area contributed by atoms with Gasteiger partial charge in [0.15, 0.2) is 0 Å². The van der Waals surface area contributed by atoms with E-state index < -0.39 is 0 Å². The first-order valence-corrected chi connectivity index (χ1v) is 40.9. The summed E-state index contributed by atoms with van der Waals surface area (Å²) in [5.74, 6) is 202. The van der Waals surface area contributed by atoms with Crippen LogP contribution in [0.3, 0.4) is 0 Å². The SMILES string of the molecule is C#CC#CC#CC#CC#CC#CC#CC#CC#CC#CC#CC#CC#CC#CC#CC#CC#CC#CC#CC#CC#CC#CC#CC#CC#CC#CC#CC#CC#CC#CC#CC#CC#CC#CC#CC#CC#CC#CC#CC#CC#CC.Cc1c(C)c(C)c(-c2c3ccccc3c(-c3ccc(-c4c5ccccc5c(-c5c(C)c(C)c(C)c(C)c5C)c5ccccc45)cc3)c3ccccc23)c(C)c1C. The monoisotopic (exact) mass is 1720 g/mol. The fraction of sp³-hybridized carbons (Fsp3) is 0.0791. The fourth-order valence-electron chi connectivity index (χ4n) is 12.5. The van der Waals surface area contributed by atoms with Crippen LogP contribution in [0.2, 0.25) is 0 Å². The Morgan fingerprint density at radius 1 is 0.122 bits per heavy atom. The van der Waals surface area contributed by atoms with E-state index in [-0.39, 0.29) is 0 Å². The molecule has 9 aromatic carbocycles. The number of fused-ring (bicyclic) bond motifs is 4. The number of benzene rings is 9. The van der Waals surface area contributed by atoms with Gasteiger partial charge in [-0.1, -0.05) is 127 Å². The Labute approximate surface area is 820 Å². The molecule has 0 saturated carbocycles. The summed E-state index contributed by atoms with van der Waals surface area (Å²) in [7, 11) is 0. The first kappa shape index (κ1) is 100. The third-order valence-electron chi connectivity index (χ3n) is 18.9. The zero-order valence-electron chi connectivity index (χ0n) is 76.6. The zero-order chi connectivity index (χ0) is 98.4. The van der Waals surface area contributed by atoms with E-state index >= 15 is 0 Å². The second-order valence-corrected chi connectivity index (χ2v) is 26.5. The van der Waals surface area contributed by atoms with Gasteiger partial charge in [-0.2, -0.15) is 0 Å². The molecule has 9 aromatic rings. The quantitative estimate of drug-likeness (QED) is 0.122. The fourth-order valence-corrected chi connectivity index (χ4v) is 12.5. The van der Waals surface area contributed by atoms with E-state index in [1.807, 2.05) is 0 Å². The van der Waals surface area contributed by atoms with Gasteiger partial charge in [0.25, 0.3) is 0 Å². The van der Waals surface area contributed by atoms with Crippen molar-refractivity contribution in [2.24, 2.45) is 0 Å². The van der Waals surface area contributed by atoms with Gasteiger partial charge in [0, 0.05) is 379 Å². The predicted octanol–water partition coefficient (Wildman–Crippen LogP) is 16.8. The molecule has 0 amide bonds. The Morgan fingerprint density at radius 2 is 0.230 bits per heavy atom. The average molecular weight is 1720 g/mol. The van der Waals surface area contributed by atoms with Crippen LogP contribution < -0.4 is 0 Å². The van der Waals surface area contributed by atoms with Crippen molar-refractivity contribution in [2.75, 3.05) is 0 Å². The van der Waals surface area contributed by atoms with Crippen LogP contribution in [0.25, 0.3) is 87.6 Å². The first-order chi connectivity index (χ1) is 68.4. The predicted molar refractivity (Wildman–Crippen MR) is 571 cm³/mol. The largest absolute Gasteiger partial charge is 0.106 e. The Kier molecular flexibility index (Phi) is 43.7. The lowest BCUT2D eigenvalue weighted by molar-refractivity contribution is 1.18. The molecule has 0 fully saturated rings. The minimum absolute atomic E-state index is 1.24. The molecule has 0 unspecified atom stereocenters. The molecular formula is C139H54. The molecule has 0 atom stereocenters. The normalized spacial score (nSPS) is 7.09. The van der Waals surface area contributed by atoms with Crippen molar-refractivity contribution in [3.8, 4) is 530 Å². The average Bonchev–Trinajstić information content (AvgIpc) is 0.750. The summed E-state index contributed by atoms with van der Waals surface area (Å²) in [6.45, 7) is 24.6. The molecule has 0 N–H and O–H groups in total. The van der Waals surface area contributed by atoms with Crippen molar-refractivity contribution in [1.29, 1.82) is 0 Å². The van der Waals surface area contributed by atoms with Gasteiger partial charge in [-0.25, -0.2) is 0 Å². The number of rotatable bonds is 4. The van der Waals surface area contributed by atoms with Gasteiger partial charge < -0.3 is 0 Å². The standard InChI is InChI=1S/C83H4.C56H50/c1-3-5-7-9-11-13-15-17-19-21-23-25-27-29-31-33-35-37-39-41-43-45-47-49-51-53-55-57-59-61-63-65-67-69-71-73-75-77-79-81-83-82-80-78-76-74-72-70-68-66-64-62-60-58-56-54-52-50-48-46-44-42-40-38-36-34-32-30-28-26-24-22-20-18-16-14-12-10-8-6-4-2;1-31-33(3)37(7)51(38(8)34(31)4)55-47-23-15-11-19-43(47)53(44-20-12-16-24-48(44)55)41-27-29-42(30-28-41)54-45-21-13-17-25-49(45)56(50-26-18-14-22-46(50)54)52-39(9)35(5)32(2)36(6)40(52)10/h1H,2H3;11-30H,1-10H3. The minimum Gasteiger partial charge on any atom is -0.106 e. The molecule has 0 aliphatic carbocycles. The van der Waals surface area contributed by atoms with E-state index in [0.717, 1.165) is 0 Å². The first-order valence-electron chi connectivity index (χ1n) is 40.9. The van der Waals surface area contributed by atoms with E-state index in [2.05, 4.69) is 670 Å². The van der Waals surface area contributed by atoms with E-state index in [9.17, 15) is 0 Å². The zero-order valence-corrected chi connectivity index (χ0v) is 76.6. The molecular weight excluding hydrogens is 1670 g/mol. The van der Waals surface area contributed by atoms with Crippen LogP contribution in [0.1, 0.15) is 62.6 Å². The lowest BCUT2D eigenvalue weighted by Gasteiger charge is -2.24. The van der Waals surface area contributed by atoms with E-state index in [0.29, 0.717) is 0 Å². The second-order valence-electron chi connectivity index (χ2n) is 26.5. The third-order valence-corrected chi connectivity index (χ3v) is 18.9. The van der Waals surface area contributed by atoms with Crippen LogP contribution in [0.5, 0.6) is 0 Å². The van der Waals surface area contributed by atoms with Crippen molar-refractivity contribution in [1.82, 2.24) is 0 Å². The van der Waals surface area contributed by atoms with Crippen LogP contribution in [-0.4, -0.2) is 0 Å². The number of hydrogen-bond acceptors (Lipinski definition) is 0. The molecule has 0 heteroatoms. The number of terminal acetylenes is 1. The van der Waals surface area contributed by atoms with Crippen molar-refractivity contribution in [2.45, 2.75) is 76.2 Å². The summed E-state index contributed by atoms with van der Waals surface area (Å²) in [4.78, 5) is 0. The maximum atomic E-state index is 4.95. The maximum absolute atomic E-state index is 4.95. The highest BCUT2D eigenvalue weighted by Gasteiger charge is 2.24. The molecule has 9 rings (SSSR count). The lowest BCUT2D eigenvalue weighted by Crippen LogP contribution is -2.01. The van der Waals surface area contributed by atoms with E-state index in [4.69, 9.17) is 6.42 Å². The molecule has 0 radical (unpaired) electrons. The Morgan fingerprint density at radius 3 is 0.353 bits per heavy atom. The summed E-state index contributed by atoms with van der Waals surface area (Å²) in [6, 6.07) is 45.7. The van der Waals surface area contributed by atoms with Gasteiger partial charge in [-0.05, 0) is 314 Å². The van der Waals surface area contributed by atoms with Crippen LogP contribution in [-0.2, 0) is 0 Å². The van der Waals surface area contributed by atoms with Crippen molar-refractivity contribution >= 4 is 43.1 Å². The summed E-state index contributed by atoms with van der Waals surface area (Å²) >= 11 is 0. The highest BCUT2D eigenvalue weighted by Crippen LogP contribution is 2.49. The number of hydrogen-bond donors (Lipinski definition) is 0. The topological polar surface area (TPSA) is 0 Å². The van der Waals surface area contributed by atoms with E-state index in [1.54, 1.807) is 6.92 Å². The summed E-state index contributed by atoms with van der Waals surface area (Å²) < 4.78 is 0. The Bertz CT molecular complexity index is 9460. The van der Waals surface area contributed by atoms with Crippen LogP contribution in [0.15, 0.2) is 121 Å². The molecule has 0 bridgehead atoms. The third kappa shape index (κ3) is 33.7. The molecule has 0 aliphatic rings. The van der Waals surface area contributed by atoms with Crippen molar-refractivity contribution in [3.63, 3.8) is 0 Å². The van der Waals surface area contributed by atoms with Crippen LogP contribution in [0.4, 0.5) is 0 Å². The van der Waals surface area contributed by atoms with Gasteiger partial charge in [-0.3, -0.25) is 0 Å². The Hall–Kier alpha value is -24.0. The minimum atomic E-state index is 1.24. The molecule has 139 heavy (non-hydrogen) atoms. The van der Waals surface area contributed by atoms with Crippen LogP contribution in [0, 0.1) is 555 Å². The smallest absolute Gasteiger partial charge is 0 e. The van der Waals surface area contributed by atoms with Gasteiger partial charge in [0.2, 0.25) is 0 Å². The highest BCUT2D eigenvalue weighted by molar-refractivity contribution is 6.24. The van der Waals surface area contributed by atoms with Crippen molar-refractivity contribution in [3.05, 3.63) is 177 Å². The van der Waals surface area contributed by atoms with Gasteiger partial charge in [0.1, 0.15) is 0 Å².